The Balaban J connectivity index is 1.70. The molecule has 0 aromatic heterocycles. The number of benzene rings is 1. The highest BCUT2D eigenvalue weighted by atomic mass is 16.5. The van der Waals surface area contributed by atoms with Crippen LogP contribution in [0.5, 0.6) is 5.75 Å². The molecule has 3 aliphatic rings. The summed E-state index contributed by atoms with van der Waals surface area (Å²) in [5.41, 5.74) is 0.268. The number of amides is 2. The topological polar surface area (TPSA) is 58.6 Å². The Labute approximate surface area is 136 Å². The van der Waals surface area contributed by atoms with E-state index in [1.807, 2.05) is 36.1 Å². The van der Waals surface area contributed by atoms with Gasteiger partial charge in [0.1, 0.15) is 11.7 Å². The first-order valence-corrected chi connectivity index (χ1v) is 8.46. The van der Waals surface area contributed by atoms with Crippen molar-refractivity contribution in [3.63, 3.8) is 0 Å². The minimum Gasteiger partial charge on any atom is -0.468 e. The molecule has 2 bridgehead atoms. The van der Waals surface area contributed by atoms with Crippen LogP contribution in [0.1, 0.15) is 44.1 Å². The molecule has 5 nitrogen and oxygen atoms in total. The zero-order valence-electron chi connectivity index (χ0n) is 13.4. The van der Waals surface area contributed by atoms with Gasteiger partial charge < -0.3 is 15.0 Å². The lowest BCUT2D eigenvalue weighted by atomic mass is 9.74. The fourth-order valence-electron chi connectivity index (χ4n) is 4.18. The van der Waals surface area contributed by atoms with Crippen LogP contribution in [0, 0.1) is 5.92 Å². The van der Waals surface area contributed by atoms with Crippen LogP contribution in [0.4, 0.5) is 0 Å². The summed E-state index contributed by atoms with van der Waals surface area (Å²) in [7, 11) is 0. The van der Waals surface area contributed by atoms with Crippen molar-refractivity contribution in [3.05, 3.63) is 29.8 Å². The average Bonchev–Trinajstić information content (AvgIpc) is 2.54. The molecule has 4 rings (SSSR count). The Morgan fingerprint density at radius 3 is 2.78 bits per heavy atom. The van der Waals surface area contributed by atoms with Crippen molar-refractivity contribution in [2.45, 2.75) is 44.2 Å². The first-order chi connectivity index (χ1) is 11.1. The second-order valence-corrected chi connectivity index (χ2v) is 7.03. The van der Waals surface area contributed by atoms with Gasteiger partial charge >= 0.3 is 0 Å². The van der Waals surface area contributed by atoms with Crippen LogP contribution >= 0.6 is 0 Å². The van der Waals surface area contributed by atoms with Crippen molar-refractivity contribution in [1.29, 1.82) is 0 Å². The molecule has 5 heteroatoms. The number of carbonyl (C=O) groups excluding carboxylic acids is 2. The molecule has 0 aliphatic carbocycles. The molecular formula is C18H22N2O3. The molecule has 0 spiro atoms. The van der Waals surface area contributed by atoms with E-state index in [2.05, 4.69) is 5.32 Å². The first kappa shape index (κ1) is 14.5. The second-order valence-electron chi connectivity index (χ2n) is 7.03. The predicted molar refractivity (Wildman–Crippen MR) is 84.9 cm³/mol. The number of ether oxygens (including phenoxy) is 1. The molecule has 0 radical (unpaired) electrons. The van der Waals surface area contributed by atoms with E-state index in [1.165, 1.54) is 6.42 Å². The lowest BCUT2D eigenvalue weighted by molar-refractivity contribution is -0.152. The van der Waals surface area contributed by atoms with Gasteiger partial charge in [0.15, 0.2) is 5.72 Å². The summed E-state index contributed by atoms with van der Waals surface area (Å²) in [4.78, 5) is 27.5. The van der Waals surface area contributed by atoms with E-state index in [0.29, 0.717) is 6.42 Å². The Morgan fingerprint density at radius 1 is 1.26 bits per heavy atom. The maximum atomic E-state index is 13.0. The van der Waals surface area contributed by atoms with Crippen molar-refractivity contribution in [2.75, 3.05) is 13.1 Å². The lowest BCUT2D eigenvalue weighted by Gasteiger charge is -2.47. The van der Waals surface area contributed by atoms with E-state index in [-0.39, 0.29) is 17.7 Å². The van der Waals surface area contributed by atoms with Gasteiger partial charge in [0, 0.05) is 25.4 Å². The van der Waals surface area contributed by atoms with Crippen molar-refractivity contribution < 1.29 is 14.3 Å². The zero-order valence-corrected chi connectivity index (χ0v) is 13.4. The summed E-state index contributed by atoms with van der Waals surface area (Å²) in [6.45, 7) is 3.42. The molecular weight excluding hydrogens is 292 g/mol. The zero-order chi connectivity index (χ0) is 16.0. The fourth-order valence-corrected chi connectivity index (χ4v) is 4.18. The number of nitrogens with one attached hydrogen (secondary N) is 1. The van der Waals surface area contributed by atoms with Crippen LogP contribution in [0.2, 0.25) is 0 Å². The van der Waals surface area contributed by atoms with E-state index in [0.717, 1.165) is 37.2 Å². The van der Waals surface area contributed by atoms with Gasteiger partial charge in [0.25, 0.3) is 0 Å². The normalized spacial score (nSPS) is 32.6. The van der Waals surface area contributed by atoms with Gasteiger partial charge in [-0.3, -0.25) is 9.59 Å². The Bertz CT molecular complexity index is 653. The van der Waals surface area contributed by atoms with Crippen LogP contribution in [0.25, 0.3) is 0 Å². The summed E-state index contributed by atoms with van der Waals surface area (Å²) < 4.78 is 5.98. The highest BCUT2D eigenvalue weighted by Gasteiger charge is 2.52. The molecule has 1 aromatic rings. The third-order valence-corrected chi connectivity index (χ3v) is 5.27. The summed E-state index contributed by atoms with van der Waals surface area (Å²) in [5.74, 6) is -0.179. The number of piperidine rings is 2. The third kappa shape index (κ3) is 2.38. The fraction of sp³-hybridized carbons (Fsp3) is 0.556. The number of fused-ring (bicyclic) bond motifs is 4. The van der Waals surface area contributed by atoms with E-state index < -0.39 is 11.6 Å². The lowest BCUT2D eigenvalue weighted by Crippen LogP contribution is -2.63. The molecule has 3 atom stereocenters. The molecule has 3 heterocycles. The molecule has 1 aromatic carbocycles. The molecule has 2 saturated heterocycles. The number of hydrogen-bond donors (Lipinski definition) is 1. The molecule has 0 saturated carbocycles. The Morgan fingerprint density at radius 2 is 2.00 bits per heavy atom. The molecule has 1 N–H and O–H groups in total. The molecule has 2 amide bonds. The number of rotatable bonds is 1. The van der Waals surface area contributed by atoms with E-state index >= 15 is 0 Å². The van der Waals surface area contributed by atoms with E-state index in [1.54, 1.807) is 0 Å². The van der Waals surface area contributed by atoms with Crippen molar-refractivity contribution in [3.8, 4) is 5.75 Å². The van der Waals surface area contributed by atoms with E-state index in [4.69, 9.17) is 4.74 Å². The van der Waals surface area contributed by atoms with Gasteiger partial charge in [0.2, 0.25) is 11.8 Å². The number of para-hydroxylation sites is 1. The van der Waals surface area contributed by atoms with Gasteiger partial charge in [-0.25, -0.2) is 0 Å². The number of nitrogens with zero attached hydrogens (tertiary/aromatic N) is 1. The van der Waals surface area contributed by atoms with Crippen molar-refractivity contribution in [2.24, 2.45) is 5.92 Å². The van der Waals surface area contributed by atoms with Crippen molar-refractivity contribution >= 4 is 11.8 Å². The number of likely N-dealkylation sites (tertiary alicyclic amines) is 1. The van der Waals surface area contributed by atoms with Crippen LogP contribution in [0.15, 0.2) is 24.3 Å². The Hall–Kier alpha value is -2.04. The van der Waals surface area contributed by atoms with Gasteiger partial charge in [-0.05, 0) is 37.8 Å². The van der Waals surface area contributed by atoms with Crippen LogP contribution in [-0.2, 0) is 9.59 Å². The smallest absolute Gasteiger partial charge is 0.236 e. The quantitative estimate of drug-likeness (QED) is 0.807. The van der Waals surface area contributed by atoms with Crippen LogP contribution in [-0.4, -0.2) is 35.5 Å². The Kier molecular flexibility index (Phi) is 3.32. The maximum absolute atomic E-state index is 13.0. The van der Waals surface area contributed by atoms with Gasteiger partial charge in [-0.1, -0.05) is 18.2 Å². The predicted octanol–water partition coefficient (Wildman–Crippen LogP) is 2.03. The second kappa shape index (κ2) is 5.25. The molecule has 3 aliphatic heterocycles. The molecule has 122 valence electrons. The minimum atomic E-state index is -0.714. The third-order valence-electron chi connectivity index (χ3n) is 5.27. The molecule has 2 fully saturated rings. The van der Waals surface area contributed by atoms with Gasteiger partial charge in [-0.2, -0.15) is 0 Å². The van der Waals surface area contributed by atoms with Gasteiger partial charge in [0.05, 0.1) is 0 Å². The highest BCUT2D eigenvalue weighted by molar-refractivity contribution is 6.02. The van der Waals surface area contributed by atoms with Crippen LogP contribution < -0.4 is 10.1 Å². The number of hydrogen-bond acceptors (Lipinski definition) is 3. The summed E-state index contributed by atoms with van der Waals surface area (Å²) in [6, 6.07) is 7.76. The van der Waals surface area contributed by atoms with Crippen molar-refractivity contribution in [1.82, 2.24) is 10.2 Å². The first-order valence-electron chi connectivity index (χ1n) is 8.46. The minimum absolute atomic E-state index is 0.0223. The molecule has 23 heavy (non-hydrogen) atoms. The van der Waals surface area contributed by atoms with Crippen LogP contribution in [0.3, 0.4) is 0 Å². The number of carbonyl (C=O) groups is 2. The SMILES string of the molecule is C[C@]12C[C@H](c3ccccc3O1)[C@H](C(=O)N1CCCCC1)C(=O)N2. The largest absolute Gasteiger partial charge is 0.468 e. The maximum Gasteiger partial charge on any atom is 0.236 e. The summed E-state index contributed by atoms with van der Waals surface area (Å²) >= 11 is 0. The highest BCUT2D eigenvalue weighted by Crippen LogP contribution is 2.47. The van der Waals surface area contributed by atoms with E-state index in [9.17, 15) is 9.59 Å². The summed E-state index contributed by atoms with van der Waals surface area (Å²) in [6.07, 6.45) is 3.86. The van der Waals surface area contributed by atoms with Gasteiger partial charge in [-0.15, -0.1) is 0 Å². The standard InChI is InChI=1S/C18H22N2O3/c1-18-11-13(12-7-3-4-8-14(12)23-18)15(16(21)19-18)17(22)20-9-5-2-6-10-20/h3-4,7-8,13,15H,2,5-6,9-11H2,1H3,(H,19,21)/t13-,15+,18-/m1/s1. The molecule has 0 unspecified atom stereocenters. The average molecular weight is 314 g/mol. The summed E-state index contributed by atoms with van der Waals surface area (Å²) in [5, 5.41) is 2.93. The monoisotopic (exact) mass is 314 g/mol.